The Kier molecular flexibility index (Phi) is 11.0. The average Bonchev–Trinajstić information content (AvgIpc) is 2.81. The highest BCUT2D eigenvalue weighted by Crippen LogP contribution is 2.34. The Morgan fingerprint density at radius 3 is 1.70 bits per heavy atom. The van der Waals surface area contributed by atoms with E-state index in [9.17, 15) is 14.9 Å². The van der Waals surface area contributed by atoms with Crippen molar-refractivity contribution in [3.8, 4) is 12.1 Å². The first-order valence-electron chi connectivity index (χ1n) is 9.52. The average molecular weight is 406 g/mol. The Morgan fingerprint density at radius 1 is 0.833 bits per heavy atom. The molecule has 156 valence electrons. The molecule has 0 saturated heterocycles. The molecular formula is C24H26N2O4. The molecule has 0 heterocycles. The van der Waals surface area contributed by atoms with Crippen molar-refractivity contribution in [1.82, 2.24) is 0 Å². The molecule has 2 aromatic rings. The molecule has 0 aliphatic carbocycles. The maximum absolute atomic E-state index is 11.4. The fraction of sp³-hybridized carbons (Fsp3) is 0.333. The van der Waals surface area contributed by atoms with Gasteiger partial charge in [-0.3, -0.25) is 9.59 Å². The van der Waals surface area contributed by atoms with Gasteiger partial charge in [0.15, 0.2) is 0 Å². The summed E-state index contributed by atoms with van der Waals surface area (Å²) in [6.45, 7) is 0. The van der Waals surface area contributed by atoms with E-state index in [0.29, 0.717) is 19.3 Å². The number of rotatable bonds is 8. The van der Waals surface area contributed by atoms with Crippen LogP contribution in [0, 0.1) is 22.7 Å². The second kappa shape index (κ2) is 13.5. The topological polar surface area (TPSA) is 100 Å². The summed E-state index contributed by atoms with van der Waals surface area (Å²) in [5.41, 5.74) is 0.976. The van der Waals surface area contributed by atoms with Gasteiger partial charge in [0.2, 0.25) is 0 Å². The van der Waals surface area contributed by atoms with Gasteiger partial charge < -0.3 is 9.47 Å². The van der Waals surface area contributed by atoms with Crippen molar-refractivity contribution in [3.63, 3.8) is 0 Å². The molecule has 0 unspecified atom stereocenters. The van der Waals surface area contributed by atoms with Gasteiger partial charge in [0.05, 0.1) is 38.2 Å². The lowest BCUT2D eigenvalue weighted by atomic mass is 9.74. The molecule has 0 radical (unpaired) electrons. The van der Waals surface area contributed by atoms with Crippen LogP contribution < -0.4 is 0 Å². The van der Waals surface area contributed by atoms with E-state index in [-0.39, 0.29) is 24.8 Å². The zero-order valence-electron chi connectivity index (χ0n) is 17.3. The van der Waals surface area contributed by atoms with Crippen molar-refractivity contribution in [1.29, 1.82) is 10.5 Å². The van der Waals surface area contributed by atoms with Crippen LogP contribution in [0.2, 0.25) is 0 Å². The number of carbonyl (C=O) groups excluding carboxylic acids is 2. The Hall–Kier alpha value is -3.64. The van der Waals surface area contributed by atoms with E-state index in [1.807, 2.05) is 60.7 Å². The van der Waals surface area contributed by atoms with Crippen molar-refractivity contribution in [2.45, 2.75) is 37.5 Å². The Balaban J connectivity index is 0.000000414. The molecule has 6 heteroatoms. The number of benzene rings is 2. The van der Waals surface area contributed by atoms with Crippen LogP contribution in [0.25, 0.3) is 0 Å². The zero-order valence-corrected chi connectivity index (χ0v) is 17.3. The van der Waals surface area contributed by atoms with Gasteiger partial charge in [-0.05, 0) is 24.0 Å². The molecule has 2 aromatic carbocycles. The van der Waals surface area contributed by atoms with E-state index in [2.05, 4.69) is 21.6 Å². The van der Waals surface area contributed by atoms with Crippen LogP contribution in [0.15, 0.2) is 60.7 Å². The second-order valence-electron chi connectivity index (χ2n) is 6.53. The van der Waals surface area contributed by atoms with Gasteiger partial charge in [-0.25, -0.2) is 0 Å². The first-order valence-corrected chi connectivity index (χ1v) is 9.52. The van der Waals surface area contributed by atoms with Crippen molar-refractivity contribution in [2.24, 2.45) is 0 Å². The molecule has 0 fully saturated rings. The third-order valence-corrected chi connectivity index (χ3v) is 4.63. The van der Waals surface area contributed by atoms with E-state index >= 15 is 0 Å². The van der Waals surface area contributed by atoms with Gasteiger partial charge in [-0.2, -0.15) is 10.5 Å². The molecule has 0 aromatic heterocycles. The highest BCUT2D eigenvalue weighted by Gasteiger charge is 2.33. The first kappa shape index (κ1) is 24.4. The summed E-state index contributed by atoms with van der Waals surface area (Å²) >= 11 is 0. The number of methoxy groups -OCH3 is 2. The lowest BCUT2D eigenvalue weighted by Crippen LogP contribution is -2.27. The molecule has 0 N–H and O–H groups in total. The first-order chi connectivity index (χ1) is 14.5. The summed E-state index contributed by atoms with van der Waals surface area (Å²) in [4.78, 5) is 22.8. The predicted octanol–water partition coefficient (Wildman–Crippen LogP) is 4.11. The molecule has 0 aliphatic heterocycles. The number of ether oxygens (including phenoxy) is 2. The van der Waals surface area contributed by atoms with Crippen molar-refractivity contribution in [2.75, 3.05) is 14.2 Å². The third-order valence-electron chi connectivity index (χ3n) is 4.63. The van der Waals surface area contributed by atoms with E-state index in [0.717, 1.165) is 11.1 Å². The molecule has 0 atom stereocenters. The van der Waals surface area contributed by atoms with Crippen LogP contribution >= 0.6 is 0 Å². The largest absolute Gasteiger partial charge is 0.469 e. The molecule has 30 heavy (non-hydrogen) atoms. The fourth-order valence-corrected chi connectivity index (χ4v) is 2.87. The van der Waals surface area contributed by atoms with Crippen LogP contribution in [0.3, 0.4) is 0 Å². The van der Waals surface area contributed by atoms with Gasteiger partial charge in [-0.15, -0.1) is 0 Å². The number of carbonyl (C=O) groups is 2. The third kappa shape index (κ3) is 8.16. The minimum Gasteiger partial charge on any atom is -0.469 e. The highest BCUT2D eigenvalue weighted by atomic mass is 16.5. The zero-order chi connectivity index (χ0) is 22.2. The van der Waals surface area contributed by atoms with Crippen LogP contribution in [-0.4, -0.2) is 26.2 Å². The summed E-state index contributed by atoms with van der Waals surface area (Å²) in [6, 6.07) is 23.3. The Morgan fingerprint density at radius 2 is 1.30 bits per heavy atom. The van der Waals surface area contributed by atoms with Gasteiger partial charge in [0.25, 0.3) is 0 Å². The number of hydrogen-bond acceptors (Lipinski definition) is 6. The number of nitriles is 2. The number of nitrogens with zero attached hydrogens (tertiary/aromatic N) is 2. The summed E-state index contributed by atoms with van der Waals surface area (Å²) in [5, 5.41) is 17.9. The predicted molar refractivity (Wildman–Crippen MR) is 112 cm³/mol. The van der Waals surface area contributed by atoms with E-state index in [1.165, 1.54) is 14.2 Å². The molecule has 0 amide bonds. The minimum atomic E-state index is -0.899. The lowest BCUT2D eigenvalue weighted by molar-refractivity contribution is -0.141. The molecule has 0 aliphatic rings. The maximum atomic E-state index is 11.4. The lowest BCUT2D eigenvalue weighted by Gasteiger charge is -2.26. The fourth-order valence-electron chi connectivity index (χ4n) is 2.87. The van der Waals surface area contributed by atoms with Crippen molar-refractivity contribution >= 4 is 11.9 Å². The summed E-state index contributed by atoms with van der Waals surface area (Å²) < 4.78 is 9.27. The quantitative estimate of drug-likeness (QED) is 0.612. The van der Waals surface area contributed by atoms with E-state index < -0.39 is 5.41 Å². The maximum Gasteiger partial charge on any atom is 0.305 e. The Labute approximate surface area is 177 Å². The molecule has 0 bridgehead atoms. The van der Waals surface area contributed by atoms with Crippen LogP contribution in [0.4, 0.5) is 0 Å². The van der Waals surface area contributed by atoms with Gasteiger partial charge in [0.1, 0.15) is 0 Å². The second-order valence-corrected chi connectivity index (χ2v) is 6.53. The molecule has 2 rings (SSSR count). The number of hydrogen-bond donors (Lipinski definition) is 0. The van der Waals surface area contributed by atoms with Gasteiger partial charge in [0, 0.05) is 12.8 Å². The van der Waals surface area contributed by atoms with Crippen molar-refractivity contribution in [3.05, 3.63) is 71.8 Å². The summed E-state index contributed by atoms with van der Waals surface area (Å²) in [6.07, 6.45) is 1.37. The van der Waals surface area contributed by atoms with E-state index in [1.54, 1.807) is 0 Å². The van der Waals surface area contributed by atoms with Crippen molar-refractivity contribution < 1.29 is 19.1 Å². The normalized spacial score (nSPS) is 9.87. The molecule has 6 nitrogen and oxygen atoms in total. The van der Waals surface area contributed by atoms with Gasteiger partial charge in [-0.1, -0.05) is 60.7 Å². The van der Waals surface area contributed by atoms with Gasteiger partial charge >= 0.3 is 11.9 Å². The highest BCUT2D eigenvalue weighted by molar-refractivity contribution is 5.70. The van der Waals surface area contributed by atoms with Crippen LogP contribution in [0.1, 0.15) is 36.8 Å². The Bertz CT molecular complexity index is 848. The standard InChI is InChI=1S/C16H19NO4.C8H7N/c1-20-14(18)8-10-16(12-17,11-9-15(19)21-2)13-6-4-3-5-7-13;9-7-6-8-4-2-1-3-5-8/h3-7H,8-11H2,1-2H3;1-5H,6H2. The molecule has 0 spiro atoms. The van der Waals surface area contributed by atoms with Crippen LogP contribution in [-0.2, 0) is 30.9 Å². The molecular weight excluding hydrogens is 380 g/mol. The summed E-state index contributed by atoms with van der Waals surface area (Å²) in [5.74, 6) is -0.743. The van der Waals surface area contributed by atoms with Crippen LogP contribution in [0.5, 0.6) is 0 Å². The smallest absolute Gasteiger partial charge is 0.305 e. The minimum absolute atomic E-state index is 0.125. The van der Waals surface area contributed by atoms with E-state index in [4.69, 9.17) is 5.26 Å². The summed E-state index contributed by atoms with van der Waals surface area (Å²) in [7, 11) is 2.63. The number of esters is 2. The monoisotopic (exact) mass is 406 g/mol. The SMILES string of the molecule is COC(=O)CCC(C#N)(CCC(=O)OC)c1ccccc1.N#CCc1ccccc1. The molecule has 0 saturated carbocycles.